The van der Waals surface area contributed by atoms with Crippen LogP contribution in [0.5, 0.6) is 0 Å². The van der Waals surface area contributed by atoms with E-state index >= 15 is 0 Å². The second-order valence-electron chi connectivity index (χ2n) is 5.46. The van der Waals surface area contributed by atoms with E-state index in [2.05, 4.69) is 5.32 Å². The molecule has 0 heterocycles. The first-order valence-electron chi connectivity index (χ1n) is 6.62. The minimum atomic E-state index is -0.682. The van der Waals surface area contributed by atoms with E-state index in [9.17, 15) is 4.79 Å². The van der Waals surface area contributed by atoms with Crippen LogP contribution in [0.25, 0.3) is 0 Å². The Labute approximate surface area is 103 Å². The van der Waals surface area contributed by atoms with Gasteiger partial charge in [-0.25, -0.2) is 4.79 Å². The standard InChI is InChI=1S/C13H23NO3/c1-13(12(15)16-2,14-10-7-8-10)9-17-11-5-3-4-6-11/h10-11,14H,3-9H2,1-2H3. The van der Waals surface area contributed by atoms with Crippen LogP contribution in [0.4, 0.5) is 0 Å². The number of hydrogen-bond acceptors (Lipinski definition) is 4. The first-order chi connectivity index (χ1) is 8.14. The molecule has 0 spiro atoms. The lowest BCUT2D eigenvalue weighted by Gasteiger charge is -2.29. The molecule has 0 saturated heterocycles. The van der Waals surface area contributed by atoms with Crippen LogP contribution in [-0.2, 0) is 14.3 Å². The molecule has 1 N–H and O–H groups in total. The Morgan fingerprint density at radius 2 is 1.94 bits per heavy atom. The number of esters is 1. The molecule has 0 aromatic carbocycles. The largest absolute Gasteiger partial charge is 0.468 e. The minimum Gasteiger partial charge on any atom is -0.468 e. The number of methoxy groups -OCH3 is 1. The molecular weight excluding hydrogens is 218 g/mol. The maximum atomic E-state index is 11.8. The van der Waals surface area contributed by atoms with Gasteiger partial charge in [-0.05, 0) is 32.6 Å². The molecule has 0 bridgehead atoms. The lowest BCUT2D eigenvalue weighted by Crippen LogP contribution is -2.55. The number of carbonyl (C=O) groups excluding carboxylic acids is 1. The molecule has 4 nitrogen and oxygen atoms in total. The van der Waals surface area contributed by atoms with Crippen LogP contribution in [0.3, 0.4) is 0 Å². The van der Waals surface area contributed by atoms with Crippen LogP contribution < -0.4 is 5.32 Å². The first-order valence-corrected chi connectivity index (χ1v) is 6.62. The van der Waals surface area contributed by atoms with Crippen molar-refractivity contribution in [2.24, 2.45) is 0 Å². The molecule has 2 aliphatic carbocycles. The fraction of sp³-hybridized carbons (Fsp3) is 0.923. The Morgan fingerprint density at radius 3 is 2.47 bits per heavy atom. The number of ether oxygens (including phenoxy) is 2. The quantitative estimate of drug-likeness (QED) is 0.718. The Kier molecular flexibility index (Phi) is 4.05. The van der Waals surface area contributed by atoms with Gasteiger partial charge in [0, 0.05) is 6.04 Å². The highest BCUT2D eigenvalue weighted by molar-refractivity contribution is 5.80. The Balaban J connectivity index is 1.86. The van der Waals surface area contributed by atoms with Crippen LogP contribution in [0.15, 0.2) is 0 Å². The molecule has 17 heavy (non-hydrogen) atoms. The molecule has 0 amide bonds. The van der Waals surface area contributed by atoms with Crippen molar-refractivity contribution in [2.45, 2.75) is 63.1 Å². The third-order valence-corrected chi connectivity index (χ3v) is 3.65. The normalized spacial score (nSPS) is 24.6. The van der Waals surface area contributed by atoms with Gasteiger partial charge in [-0.2, -0.15) is 0 Å². The van der Waals surface area contributed by atoms with Crippen molar-refractivity contribution >= 4 is 5.97 Å². The first kappa shape index (κ1) is 12.8. The average molecular weight is 241 g/mol. The smallest absolute Gasteiger partial charge is 0.328 e. The van der Waals surface area contributed by atoms with Gasteiger partial charge in [-0.3, -0.25) is 5.32 Å². The van der Waals surface area contributed by atoms with Crippen LogP contribution in [0, 0.1) is 0 Å². The summed E-state index contributed by atoms with van der Waals surface area (Å²) < 4.78 is 10.7. The second-order valence-corrected chi connectivity index (χ2v) is 5.46. The van der Waals surface area contributed by atoms with E-state index in [1.165, 1.54) is 20.0 Å². The summed E-state index contributed by atoms with van der Waals surface area (Å²) in [6.45, 7) is 2.30. The lowest BCUT2D eigenvalue weighted by molar-refractivity contribution is -0.151. The van der Waals surface area contributed by atoms with Gasteiger partial charge in [0.1, 0.15) is 5.54 Å². The zero-order chi connectivity index (χ0) is 12.3. The fourth-order valence-corrected chi connectivity index (χ4v) is 2.40. The van der Waals surface area contributed by atoms with Crippen molar-refractivity contribution in [3.05, 3.63) is 0 Å². The van der Waals surface area contributed by atoms with Gasteiger partial charge in [0.15, 0.2) is 0 Å². The summed E-state index contributed by atoms with van der Waals surface area (Å²) in [5.74, 6) is -0.220. The third-order valence-electron chi connectivity index (χ3n) is 3.65. The van der Waals surface area contributed by atoms with Crippen molar-refractivity contribution in [3.8, 4) is 0 Å². The second kappa shape index (κ2) is 5.36. The minimum absolute atomic E-state index is 0.220. The van der Waals surface area contributed by atoms with Crippen LogP contribution >= 0.6 is 0 Å². The fourth-order valence-electron chi connectivity index (χ4n) is 2.40. The molecule has 0 aromatic rings. The predicted molar refractivity (Wildman–Crippen MR) is 64.8 cm³/mol. The van der Waals surface area contributed by atoms with Gasteiger partial charge < -0.3 is 9.47 Å². The molecular formula is C13H23NO3. The van der Waals surface area contributed by atoms with Crippen LogP contribution in [0.1, 0.15) is 45.4 Å². The molecule has 0 aliphatic heterocycles. The van der Waals surface area contributed by atoms with Gasteiger partial charge in [0.25, 0.3) is 0 Å². The highest BCUT2D eigenvalue weighted by Gasteiger charge is 2.40. The Morgan fingerprint density at radius 1 is 1.29 bits per heavy atom. The summed E-state index contributed by atoms with van der Waals surface area (Å²) in [6.07, 6.45) is 7.37. The molecule has 98 valence electrons. The van der Waals surface area contributed by atoms with Gasteiger partial charge >= 0.3 is 5.97 Å². The van der Waals surface area contributed by atoms with E-state index in [0.717, 1.165) is 25.7 Å². The monoisotopic (exact) mass is 241 g/mol. The van der Waals surface area contributed by atoms with E-state index in [0.29, 0.717) is 18.8 Å². The van der Waals surface area contributed by atoms with E-state index < -0.39 is 5.54 Å². The third kappa shape index (κ3) is 3.42. The number of nitrogens with one attached hydrogen (secondary N) is 1. The molecule has 2 aliphatic rings. The van der Waals surface area contributed by atoms with Gasteiger partial charge in [0.05, 0.1) is 19.8 Å². The van der Waals surface area contributed by atoms with E-state index in [1.54, 1.807) is 0 Å². The molecule has 2 rings (SSSR count). The highest BCUT2D eigenvalue weighted by atomic mass is 16.5. The Bertz CT molecular complexity index is 272. The van der Waals surface area contributed by atoms with Crippen LogP contribution in [0.2, 0.25) is 0 Å². The van der Waals surface area contributed by atoms with Crippen LogP contribution in [-0.4, -0.2) is 37.4 Å². The summed E-state index contributed by atoms with van der Waals surface area (Å²) in [5, 5.41) is 3.34. The maximum absolute atomic E-state index is 11.8. The molecule has 1 atom stereocenters. The number of hydrogen-bond donors (Lipinski definition) is 1. The van der Waals surface area contributed by atoms with E-state index in [4.69, 9.17) is 9.47 Å². The molecule has 2 saturated carbocycles. The Hall–Kier alpha value is -0.610. The van der Waals surface area contributed by atoms with E-state index in [1.807, 2.05) is 6.92 Å². The van der Waals surface area contributed by atoms with Crippen molar-refractivity contribution in [2.75, 3.05) is 13.7 Å². The van der Waals surface area contributed by atoms with Crippen molar-refractivity contribution in [3.63, 3.8) is 0 Å². The SMILES string of the molecule is COC(=O)C(C)(COC1CCCC1)NC1CC1. The van der Waals surface area contributed by atoms with Gasteiger partial charge in [-0.15, -0.1) is 0 Å². The molecule has 2 fully saturated rings. The summed E-state index contributed by atoms with van der Waals surface area (Å²) in [4.78, 5) is 11.8. The van der Waals surface area contributed by atoms with Crippen molar-refractivity contribution < 1.29 is 14.3 Å². The van der Waals surface area contributed by atoms with Crippen molar-refractivity contribution in [1.82, 2.24) is 5.32 Å². The zero-order valence-electron chi connectivity index (χ0n) is 10.8. The highest BCUT2D eigenvalue weighted by Crippen LogP contribution is 2.26. The summed E-state index contributed by atoms with van der Waals surface area (Å²) >= 11 is 0. The predicted octanol–water partition coefficient (Wildman–Crippen LogP) is 1.63. The van der Waals surface area contributed by atoms with Gasteiger partial charge in [-0.1, -0.05) is 12.8 Å². The average Bonchev–Trinajstić information content (AvgIpc) is 2.97. The molecule has 4 heteroatoms. The van der Waals surface area contributed by atoms with Crippen molar-refractivity contribution in [1.29, 1.82) is 0 Å². The number of carbonyl (C=O) groups is 1. The molecule has 1 unspecified atom stereocenters. The summed E-state index contributed by atoms with van der Waals surface area (Å²) in [6, 6.07) is 0.464. The van der Waals surface area contributed by atoms with E-state index in [-0.39, 0.29) is 5.97 Å². The number of rotatable bonds is 6. The summed E-state index contributed by atoms with van der Waals surface area (Å²) in [7, 11) is 1.44. The topological polar surface area (TPSA) is 47.6 Å². The maximum Gasteiger partial charge on any atom is 0.328 e. The van der Waals surface area contributed by atoms with Gasteiger partial charge in [0.2, 0.25) is 0 Å². The zero-order valence-corrected chi connectivity index (χ0v) is 10.8. The summed E-state index contributed by atoms with van der Waals surface area (Å²) in [5.41, 5.74) is -0.682. The lowest BCUT2D eigenvalue weighted by atomic mass is 10.0. The molecule has 0 radical (unpaired) electrons. The molecule has 0 aromatic heterocycles.